The molecule has 9 heteroatoms. The Labute approximate surface area is 152 Å². The monoisotopic (exact) mass is 379 g/mol. The molecule has 0 amide bonds. The summed E-state index contributed by atoms with van der Waals surface area (Å²) in [5, 5.41) is 10.7. The predicted octanol–water partition coefficient (Wildman–Crippen LogP) is 2.44. The minimum atomic E-state index is -3.57. The van der Waals surface area contributed by atoms with E-state index in [-0.39, 0.29) is 24.0 Å². The summed E-state index contributed by atoms with van der Waals surface area (Å²) in [4.78, 5) is 12.4. The average molecular weight is 379 g/mol. The molecule has 1 atom stereocenters. The van der Waals surface area contributed by atoms with Gasteiger partial charge in [0.25, 0.3) is 5.69 Å². The lowest BCUT2D eigenvalue weighted by Gasteiger charge is -2.25. The van der Waals surface area contributed by atoms with Gasteiger partial charge in [-0.2, -0.15) is 0 Å². The van der Waals surface area contributed by atoms with E-state index in [1.165, 1.54) is 24.3 Å². The number of nitrogens with one attached hydrogen (secondary N) is 1. The van der Waals surface area contributed by atoms with Crippen LogP contribution in [0.15, 0.2) is 47.1 Å². The molecular weight excluding hydrogens is 358 g/mol. The van der Waals surface area contributed by atoms with E-state index in [1.54, 1.807) is 12.3 Å². The molecule has 1 aliphatic rings. The van der Waals surface area contributed by atoms with E-state index >= 15 is 0 Å². The molecule has 0 spiro atoms. The van der Waals surface area contributed by atoms with E-state index < -0.39 is 14.9 Å². The molecule has 2 heterocycles. The van der Waals surface area contributed by atoms with Crippen molar-refractivity contribution in [2.45, 2.75) is 24.6 Å². The average Bonchev–Trinajstić information content (AvgIpc) is 3.29. The summed E-state index contributed by atoms with van der Waals surface area (Å²) in [6.45, 7) is 2.05. The van der Waals surface area contributed by atoms with Crippen molar-refractivity contribution in [3.63, 3.8) is 0 Å². The number of rotatable bonds is 8. The van der Waals surface area contributed by atoms with Gasteiger partial charge in [0.15, 0.2) is 0 Å². The Balaban J connectivity index is 1.64. The largest absolute Gasteiger partial charge is 0.468 e. The van der Waals surface area contributed by atoms with Crippen molar-refractivity contribution in [3.05, 3.63) is 64.1 Å². The zero-order valence-corrected chi connectivity index (χ0v) is 15.0. The fourth-order valence-corrected chi connectivity index (χ4v) is 4.28. The van der Waals surface area contributed by atoms with Crippen molar-refractivity contribution in [1.82, 2.24) is 9.62 Å². The van der Waals surface area contributed by atoms with Gasteiger partial charge in [0.1, 0.15) is 5.76 Å². The third-order valence-corrected chi connectivity index (χ3v) is 5.77. The Hall–Kier alpha value is -2.23. The first-order valence-electron chi connectivity index (χ1n) is 8.43. The Morgan fingerprint density at radius 3 is 2.46 bits per heavy atom. The van der Waals surface area contributed by atoms with Gasteiger partial charge in [-0.05, 0) is 43.6 Å². The number of nitro groups is 1. The lowest BCUT2D eigenvalue weighted by molar-refractivity contribution is -0.384. The molecule has 8 nitrogen and oxygen atoms in total. The highest BCUT2D eigenvalue weighted by molar-refractivity contribution is 7.88. The Kier molecular flexibility index (Phi) is 5.70. The van der Waals surface area contributed by atoms with Gasteiger partial charge in [0.2, 0.25) is 10.0 Å². The molecule has 0 saturated carbocycles. The summed E-state index contributed by atoms with van der Waals surface area (Å²) in [7, 11) is -3.57. The molecule has 26 heavy (non-hydrogen) atoms. The van der Waals surface area contributed by atoms with Crippen molar-refractivity contribution >= 4 is 15.7 Å². The molecule has 0 bridgehead atoms. The first-order chi connectivity index (χ1) is 12.4. The van der Waals surface area contributed by atoms with Crippen LogP contribution in [-0.4, -0.2) is 37.9 Å². The van der Waals surface area contributed by atoms with Crippen LogP contribution in [0, 0.1) is 10.1 Å². The quantitative estimate of drug-likeness (QED) is 0.558. The maximum atomic E-state index is 12.4. The number of furan rings is 1. The topological polar surface area (TPSA) is 106 Å². The number of nitro benzene ring substituents is 1. The van der Waals surface area contributed by atoms with Gasteiger partial charge in [-0.1, -0.05) is 12.1 Å². The summed E-state index contributed by atoms with van der Waals surface area (Å²) in [5.41, 5.74) is 0.435. The molecule has 1 aromatic heterocycles. The lowest BCUT2D eigenvalue weighted by Crippen LogP contribution is -2.37. The minimum absolute atomic E-state index is 0.0639. The van der Waals surface area contributed by atoms with E-state index in [4.69, 9.17) is 4.42 Å². The predicted molar refractivity (Wildman–Crippen MR) is 96.0 cm³/mol. The molecule has 3 rings (SSSR count). The summed E-state index contributed by atoms with van der Waals surface area (Å²) >= 11 is 0. The number of hydrogen-bond acceptors (Lipinski definition) is 6. The van der Waals surface area contributed by atoms with Gasteiger partial charge < -0.3 is 4.42 Å². The Bertz CT molecular complexity index is 828. The Morgan fingerprint density at radius 2 is 1.88 bits per heavy atom. The van der Waals surface area contributed by atoms with Crippen LogP contribution in [0.3, 0.4) is 0 Å². The van der Waals surface area contributed by atoms with Crippen LogP contribution in [0.4, 0.5) is 5.69 Å². The first-order valence-corrected chi connectivity index (χ1v) is 10.1. The highest BCUT2D eigenvalue weighted by Crippen LogP contribution is 2.25. The highest BCUT2D eigenvalue weighted by atomic mass is 32.2. The molecule has 1 aliphatic heterocycles. The maximum absolute atomic E-state index is 12.4. The van der Waals surface area contributed by atoms with Crippen LogP contribution in [-0.2, 0) is 15.8 Å². The van der Waals surface area contributed by atoms with E-state index in [0.717, 1.165) is 31.7 Å². The molecule has 1 unspecified atom stereocenters. The van der Waals surface area contributed by atoms with Crippen LogP contribution < -0.4 is 4.72 Å². The second-order valence-corrected chi connectivity index (χ2v) is 8.11. The smallest absolute Gasteiger partial charge is 0.269 e. The normalized spacial score (nSPS) is 16.6. The molecule has 0 aliphatic carbocycles. The van der Waals surface area contributed by atoms with Crippen LogP contribution >= 0.6 is 0 Å². The van der Waals surface area contributed by atoms with Crippen LogP contribution in [0.25, 0.3) is 0 Å². The van der Waals surface area contributed by atoms with Gasteiger partial charge in [0.05, 0.1) is 23.0 Å². The molecule has 1 aromatic carbocycles. The van der Waals surface area contributed by atoms with E-state index in [0.29, 0.717) is 5.56 Å². The molecule has 140 valence electrons. The number of benzene rings is 1. The van der Waals surface area contributed by atoms with Crippen LogP contribution in [0.1, 0.15) is 30.2 Å². The zero-order chi connectivity index (χ0) is 18.6. The van der Waals surface area contributed by atoms with E-state index in [2.05, 4.69) is 9.62 Å². The molecule has 0 radical (unpaired) electrons. The molecule has 1 fully saturated rings. The SMILES string of the molecule is O=[N+]([O-])c1ccc(CS(=O)(=O)NCC(c2ccco2)N2CCCC2)cc1. The number of sulfonamides is 1. The summed E-state index contributed by atoms with van der Waals surface area (Å²) in [5.74, 6) is 0.514. The summed E-state index contributed by atoms with van der Waals surface area (Å²) in [6, 6.07) is 9.04. The number of nitrogens with zero attached hydrogens (tertiary/aromatic N) is 2. The first kappa shape index (κ1) is 18.6. The molecular formula is C17H21N3O5S. The summed E-state index contributed by atoms with van der Waals surface area (Å²) in [6.07, 6.45) is 3.77. The van der Waals surface area contributed by atoms with Crippen molar-refractivity contribution in [2.75, 3.05) is 19.6 Å². The van der Waals surface area contributed by atoms with Crippen molar-refractivity contribution in [3.8, 4) is 0 Å². The zero-order valence-electron chi connectivity index (χ0n) is 14.2. The second-order valence-electron chi connectivity index (χ2n) is 6.31. The second kappa shape index (κ2) is 7.98. The minimum Gasteiger partial charge on any atom is -0.468 e. The van der Waals surface area contributed by atoms with Gasteiger partial charge in [-0.15, -0.1) is 0 Å². The molecule has 2 aromatic rings. The van der Waals surface area contributed by atoms with Crippen molar-refractivity contribution in [1.29, 1.82) is 0 Å². The highest BCUT2D eigenvalue weighted by Gasteiger charge is 2.27. The fourth-order valence-electron chi connectivity index (χ4n) is 3.13. The lowest BCUT2D eigenvalue weighted by atomic mass is 10.2. The number of hydrogen-bond donors (Lipinski definition) is 1. The number of non-ortho nitro benzene ring substituents is 1. The third-order valence-electron chi connectivity index (χ3n) is 4.45. The van der Waals surface area contributed by atoms with E-state index in [9.17, 15) is 18.5 Å². The number of likely N-dealkylation sites (tertiary alicyclic amines) is 1. The van der Waals surface area contributed by atoms with Gasteiger partial charge in [0, 0.05) is 18.7 Å². The Morgan fingerprint density at radius 1 is 1.19 bits per heavy atom. The van der Waals surface area contributed by atoms with Gasteiger partial charge in [-0.25, -0.2) is 13.1 Å². The van der Waals surface area contributed by atoms with E-state index in [1.807, 2.05) is 6.07 Å². The molecule has 1 saturated heterocycles. The van der Waals surface area contributed by atoms with Gasteiger partial charge >= 0.3 is 0 Å². The third kappa shape index (κ3) is 4.69. The summed E-state index contributed by atoms with van der Waals surface area (Å²) < 4.78 is 33.0. The standard InChI is InChI=1S/C17H21N3O5S/c21-20(22)15-7-5-14(6-8-15)13-26(23,24)18-12-16(17-4-3-11-25-17)19-9-1-2-10-19/h3-8,11,16,18H,1-2,9-10,12-13H2. The van der Waals surface area contributed by atoms with Crippen molar-refractivity contribution < 1.29 is 17.8 Å². The van der Waals surface area contributed by atoms with Gasteiger partial charge in [-0.3, -0.25) is 15.0 Å². The molecule has 1 N–H and O–H groups in total. The maximum Gasteiger partial charge on any atom is 0.269 e. The van der Waals surface area contributed by atoms with Crippen LogP contribution in [0.5, 0.6) is 0 Å². The van der Waals surface area contributed by atoms with Crippen molar-refractivity contribution in [2.24, 2.45) is 0 Å². The van der Waals surface area contributed by atoms with Crippen LogP contribution in [0.2, 0.25) is 0 Å². The fraction of sp³-hybridized carbons (Fsp3) is 0.412.